The van der Waals surface area contributed by atoms with E-state index in [0.29, 0.717) is 0 Å². The van der Waals surface area contributed by atoms with Gasteiger partial charge in [-0.05, 0) is 31.0 Å². The number of nitrogens with one attached hydrogen (secondary N) is 1. The third-order valence-electron chi connectivity index (χ3n) is 3.17. The maximum Gasteiger partial charge on any atom is 0.0416 e. The Kier molecular flexibility index (Phi) is 8.49. The second-order valence-corrected chi connectivity index (χ2v) is 5.42. The highest BCUT2D eigenvalue weighted by Gasteiger charge is 1.95. The van der Waals surface area contributed by atoms with Crippen molar-refractivity contribution in [1.82, 2.24) is 10.3 Å². The average molecular weight is 248 g/mol. The van der Waals surface area contributed by atoms with Crippen molar-refractivity contribution in [1.29, 1.82) is 0 Å². The lowest BCUT2D eigenvalue weighted by atomic mass is 10.0. The first kappa shape index (κ1) is 15.2. The summed E-state index contributed by atoms with van der Waals surface area (Å²) < 4.78 is 0. The minimum absolute atomic E-state index is 0.862. The molecule has 0 amide bonds. The molecule has 0 aliphatic rings. The van der Waals surface area contributed by atoms with Gasteiger partial charge in [0.05, 0.1) is 0 Å². The highest BCUT2D eigenvalue weighted by Crippen LogP contribution is 2.08. The Bertz CT molecular complexity index is 282. The van der Waals surface area contributed by atoms with Crippen molar-refractivity contribution in [3.05, 3.63) is 30.1 Å². The van der Waals surface area contributed by atoms with Crippen molar-refractivity contribution in [2.24, 2.45) is 5.92 Å². The van der Waals surface area contributed by atoms with Crippen LogP contribution in [0, 0.1) is 5.92 Å². The van der Waals surface area contributed by atoms with Crippen molar-refractivity contribution >= 4 is 0 Å². The lowest BCUT2D eigenvalue weighted by Crippen LogP contribution is -2.18. The number of hydrogen-bond acceptors (Lipinski definition) is 2. The van der Waals surface area contributed by atoms with Crippen molar-refractivity contribution in [2.75, 3.05) is 13.1 Å². The number of aromatic nitrogens is 1. The first-order valence-corrected chi connectivity index (χ1v) is 7.39. The molecule has 0 fully saturated rings. The van der Waals surface area contributed by atoms with Crippen molar-refractivity contribution in [3.8, 4) is 0 Å². The molecule has 0 unspecified atom stereocenters. The van der Waals surface area contributed by atoms with E-state index in [4.69, 9.17) is 0 Å². The van der Waals surface area contributed by atoms with Gasteiger partial charge in [0.15, 0.2) is 0 Å². The summed E-state index contributed by atoms with van der Waals surface area (Å²) in [6.45, 7) is 6.80. The van der Waals surface area contributed by atoms with E-state index in [1.165, 1.54) is 37.8 Å². The van der Waals surface area contributed by atoms with Gasteiger partial charge in [0.1, 0.15) is 0 Å². The maximum atomic E-state index is 4.31. The van der Waals surface area contributed by atoms with Gasteiger partial charge in [0, 0.05) is 24.9 Å². The minimum Gasteiger partial charge on any atom is -0.316 e. The Morgan fingerprint density at radius 1 is 1.06 bits per heavy atom. The summed E-state index contributed by atoms with van der Waals surface area (Å²) in [5.41, 5.74) is 1.18. The molecule has 0 aromatic carbocycles. The number of pyridine rings is 1. The van der Waals surface area contributed by atoms with E-state index in [2.05, 4.69) is 36.3 Å². The third kappa shape index (κ3) is 8.24. The smallest absolute Gasteiger partial charge is 0.0416 e. The standard InChI is InChI=1S/C16H28N2/c1-15(2)9-5-3-4-7-12-17-14-11-16-10-6-8-13-18-16/h6,8,10,13,15,17H,3-5,7,9,11-12,14H2,1-2H3. The average Bonchev–Trinajstić information content (AvgIpc) is 2.37. The molecule has 2 heteroatoms. The molecule has 0 spiro atoms. The fourth-order valence-corrected chi connectivity index (χ4v) is 2.04. The van der Waals surface area contributed by atoms with E-state index in [1.54, 1.807) is 0 Å². The number of nitrogens with zero attached hydrogens (tertiary/aromatic N) is 1. The predicted molar refractivity (Wildman–Crippen MR) is 78.7 cm³/mol. The van der Waals surface area contributed by atoms with Crippen LogP contribution >= 0.6 is 0 Å². The molecule has 1 heterocycles. The van der Waals surface area contributed by atoms with E-state index in [0.717, 1.165) is 25.4 Å². The predicted octanol–water partition coefficient (Wildman–Crippen LogP) is 3.82. The fraction of sp³-hybridized carbons (Fsp3) is 0.688. The Morgan fingerprint density at radius 3 is 2.61 bits per heavy atom. The summed E-state index contributed by atoms with van der Waals surface area (Å²) in [7, 11) is 0. The van der Waals surface area contributed by atoms with Crippen LogP contribution in [0.4, 0.5) is 0 Å². The van der Waals surface area contributed by atoms with E-state index < -0.39 is 0 Å². The molecule has 18 heavy (non-hydrogen) atoms. The monoisotopic (exact) mass is 248 g/mol. The van der Waals surface area contributed by atoms with E-state index >= 15 is 0 Å². The zero-order valence-corrected chi connectivity index (χ0v) is 12.0. The minimum atomic E-state index is 0.862. The molecular weight excluding hydrogens is 220 g/mol. The highest BCUT2D eigenvalue weighted by molar-refractivity contribution is 5.03. The molecule has 0 radical (unpaired) electrons. The van der Waals surface area contributed by atoms with Crippen molar-refractivity contribution in [2.45, 2.75) is 52.4 Å². The van der Waals surface area contributed by atoms with Gasteiger partial charge in [-0.1, -0.05) is 45.6 Å². The van der Waals surface area contributed by atoms with Crippen LogP contribution in [0.5, 0.6) is 0 Å². The van der Waals surface area contributed by atoms with Gasteiger partial charge in [0.2, 0.25) is 0 Å². The number of unbranched alkanes of at least 4 members (excludes halogenated alkanes) is 3. The van der Waals surface area contributed by atoms with Gasteiger partial charge in [-0.2, -0.15) is 0 Å². The van der Waals surface area contributed by atoms with Gasteiger partial charge in [-0.3, -0.25) is 4.98 Å². The van der Waals surface area contributed by atoms with Crippen LogP contribution in [0.2, 0.25) is 0 Å². The van der Waals surface area contributed by atoms with Crippen LogP contribution in [0.15, 0.2) is 24.4 Å². The van der Waals surface area contributed by atoms with E-state index in [9.17, 15) is 0 Å². The summed E-state index contributed by atoms with van der Waals surface area (Å²) >= 11 is 0. The van der Waals surface area contributed by atoms with Crippen LogP contribution < -0.4 is 5.32 Å². The molecule has 0 saturated heterocycles. The van der Waals surface area contributed by atoms with Gasteiger partial charge in [0.25, 0.3) is 0 Å². The highest BCUT2D eigenvalue weighted by atomic mass is 14.8. The molecule has 102 valence electrons. The van der Waals surface area contributed by atoms with Crippen molar-refractivity contribution in [3.63, 3.8) is 0 Å². The molecule has 1 N–H and O–H groups in total. The molecule has 0 bridgehead atoms. The maximum absolute atomic E-state index is 4.31. The Balaban J connectivity index is 1.84. The summed E-state index contributed by atoms with van der Waals surface area (Å²) in [6, 6.07) is 6.11. The lowest BCUT2D eigenvalue weighted by Gasteiger charge is -2.06. The SMILES string of the molecule is CC(C)CCCCCCNCCc1ccccn1. The van der Waals surface area contributed by atoms with Crippen LogP contribution in [-0.2, 0) is 6.42 Å². The number of rotatable bonds is 10. The second-order valence-electron chi connectivity index (χ2n) is 5.42. The summed E-state index contributed by atoms with van der Waals surface area (Å²) in [5, 5.41) is 3.49. The van der Waals surface area contributed by atoms with Crippen LogP contribution in [0.3, 0.4) is 0 Å². The number of hydrogen-bond donors (Lipinski definition) is 1. The molecule has 1 aromatic heterocycles. The normalized spacial score (nSPS) is 11.1. The largest absolute Gasteiger partial charge is 0.316 e. The topological polar surface area (TPSA) is 24.9 Å². The van der Waals surface area contributed by atoms with Crippen LogP contribution in [0.25, 0.3) is 0 Å². The van der Waals surface area contributed by atoms with Crippen LogP contribution in [-0.4, -0.2) is 18.1 Å². The summed E-state index contributed by atoms with van der Waals surface area (Å²) in [5.74, 6) is 0.862. The zero-order valence-electron chi connectivity index (χ0n) is 12.0. The molecule has 0 saturated carbocycles. The van der Waals surface area contributed by atoms with E-state index in [-0.39, 0.29) is 0 Å². The third-order valence-corrected chi connectivity index (χ3v) is 3.17. The Morgan fingerprint density at radius 2 is 1.89 bits per heavy atom. The van der Waals surface area contributed by atoms with Gasteiger partial charge in [-0.15, -0.1) is 0 Å². The molecule has 0 aliphatic heterocycles. The molecule has 0 atom stereocenters. The molecule has 2 nitrogen and oxygen atoms in total. The molecule has 1 rings (SSSR count). The Labute approximate surface area is 112 Å². The molecule has 0 aliphatic carbocycles. The fourth-order valence-electron chi connectivity index (χ4n) is 2.04. The lowest BCUT2D eigenvalue weighted by molar-refractivity contribution is 0.512. The second kappa shape index (κ2) is 10.1. The van der Waals surface area contributed by atoms with Crippen LogP contribution in [0.1, 0.15) is 51.6 Å². The van der Waals surface area contributed by atoms with Gasteiger partial charge >= 0.3 is 0 Å². The first-order chi connectivity index (χ1) is 8.79. The van der Waals surface area contributed by atoms with Gasteiger partial charge in [-0.25, -0.2) is 0 Å². The van der Waals surface area contributed by atoms with Gasteiger partial charge < -0.3 is 5.32 Å². The molecular formula is C16H28N2. The zero-order chi connectivity index (χ0) is 13.1. The Hall–Kier alpha value is -0.890. The first-order valence-electron chi connectivity index (χ1n) is 7.39. The summed E-state index contributed by atoms with van der Waals surface area (Å²) in [4.78, 5) is 4.31. The van der Waals surface area contributed by atoms with E-state index in [1.807, 2.05) is 12.3 Å². The summed E-state index contributed by atoms with van der Waals surface area (Å²) in [6.07, 6.45) is 9.74. The quantitative estimate of drug-likeness (QED) is 0.637. The molecule has 1 aromatic rings. The van der Waals surface area contributed by atoms with Crippen molar-refractivity contribution < 1.29 is 0 Å².